The second-order valence-corrected chi connectivity index (χ2v) is 7.99. The van der Waals surface area contributed by atoms with E-state index in [1.807, 2.05) is 30.3 Å². The summed E-state index contributed by atoms with van der Waals surface area (Å²) >= 11 is 3.33. The zero-order chi connectivity index (χ0) is 22.5. The van der Waals surface area contributed by atoms with Gasteiger partial charge in [0.05, 0.1) is 17.3 Å². The summed E-state index contributed by atoms with van der Waals surface area (Å²) in [4.78, 5) is 42.9. The van der Waals surface area contributed by atoms with Crippen molar-refractivity contribution in [3.8, 4) is 0 Å². The Balaban J connectivity index is 1.62. The Morgan fingerprint density at radius 1 is 0.906 bits per heavy atom. The molecule has 1 heterocycles. The van der Waals surface area contributed by atoms with Crippen molar-refractivity contribution >= 4 is 38.6 Å². The Morgan fingerprint density at radius 3 is 2.34 bits per heavy atom. The van der Waals surface area contributed by atoms with Gasteiger partial charge in [0.25, 0.3) is 11.5 Å². The van der Waals surface area contributed by atoms with Crippen LogP contribution < -0.4 is 16.3 Å². The van der Waals surface area contributed by atoms with Crippen molar-refractivity contribution in [1.82, 2.24) is 15.0 Å². The third-order valence-electron chi connectivity index (χ3n) is 4.82. The lowest BCUT2D eigenvalue weighted by atomic mass is 10.2. The molecule has 3 aromatic carbocycles. The quantitative estimate of drug-likeness (QED) is 0.433. The summed E-state index contributed by atoms with van der Waals surface area (Å²) in [6.07, 6.45) is -0.173. The van der Waals surface area contributed by atoms with Gasteiger partial charge in [-0.2, -0.15) is 0 Å². The SMILES string of the molecule is O=C(Cc1nc2ccccc2c(=O)n1NC(=O)c1ccc(Br)cc1)NCc1ccccc1. The van der Waals surface area contributed by atoms with Crippen molar-refractivity contribution in [3.05, 3.63) is 111 Å². The molecule has 2 N–H and O–H groups in total. The van der Waals surface area contributed by atoms with Gasteiger partial charge in [-0.3, -0.25) is 19.8 Å². The summed E-state index contributed by atoms with van der Waals surface area (Å²) in [5, 5.41) is 3.17. The molecular formula is C24H19BrN4O3. The molecule has 0 fully saturated rings. The first-order chi connectivity index (χ1) is 15.5. The molecule has 0 atom stereocenters. The molecular weight excluding hydrogens is 472 g/mol. The Hall–Kier alpha value is -3.78. The van der Waals surface area contributed by atoms with Crippen LogP contribution in [0, 0.1) is 0 Å². The normalized spacial score (nSPS) is 10.7. The summed E-state index contributed by atoms with van der Waals surface area (Å²) in [6, 6.07) is 23.0. The van der Waals surface area contributed by atoms with E-state index in [1.165, 1.54) is 0 Å². The largest absolute Gasteiger partial charge is 0.352 e. The predicted molar refractivity (Wildman–Crippen MR) is 126 cm³/mol. The maximum atomic E-state index is 13.1. The fourth-order valence-electron chi connectivity index (χ4n) is 3.18. The van der Waals surface area contributed by atoms with E-state index < -0.39 is 11.5 Å². The Labute approximate surface area is 192 Å². The van der Waals surface area contributed by atoms with Crippen LogP contribution in [0.15, 0.2) is 88.1 Å². The van der Waals surface area contributed by atoms with Crippen LogP contribution in [0.4, 0.5) is 0 Å². The zero-order valence-electron chi connectivity index (χ0n) is 16.9. The van der Waals surface area contributed by atoms with Gasteiger partial charge in [0, 0.05) is 16.6 Å². The summed E-state index contributed by atoms with van der Waals surface area (Å²) in [5.74, 6) is -0.657. The van der Waals surface area contributed by atoms with Crippen LogP contribution >= 0.6 is 15.9 Å². The topological polar surface area (TPSA) is 93.1 Å². The Morgan fingerprint density at radius 2 is 1.59 bits per heavy atom. The molecule has 2 amide bonds. The van der Waals surface area contributed by atoms with Gasteiger partial charge in [0.1, 0.15) is 5.82 Å². The third kappa shape index (κ3) is 4.92. The van der Waals surface area contributed by atoms with E-state index in [0.29, 0.717) is 23.0 Å². The van der Waals surface area contributed by atoms with E-state index in [9.17, 15) is 14.4 Å². The van der Waals surface area contributed by atoms with Gasteiger partial charge in [-0.05, 0) is 42.0 Å². The smallest absolute Gasteiger partial charge is 0.280 e. The van der Waals surface area contributed by atoms with Gasteiger partial charge in [-0.25, -0.2) is 9.66 Å². The van der Waals surface area contributed by atoms with Crippen LogP contribution in [-0.4, -0.2) is 21.5 Å². The van der Waals surface area contributed by atoms with Gasteiger partial charge in [0.2, 0.25) is 5.91 Å². The lowest BCUT2D eigenvalue weighted by Crippen LogP contribution is -2.38. The molecule has 7 nitrogen and oxygen atoms in total. The highest BCUT2D eigenvalue weighted by Gasteiger charge is 2.17. The van der Waals surface area contributed by atoms with Gasteiger partial charge in [-0.1, -0.05) is 58.4 Å². The van der Waals surface area contributed by atoms with Crippen LogP contribution in [0.5, 0.6) is 0 Å². The minimum absolute atomic E-state index is 0.143. The highest BCUT2D eigenvalue weighted by molar-refractivity contribution is 9.10. The zero-order valence-corrected chi connectivity index (χ0v) is 18.5. The summed E-state index contributed by atoms with van der Waals surface area (Å²) in [7, 11) is 0. The maximum Gasteiger partial charge on any atom is 0.280 e. The molecule has 0 radical (unpaired) electrons. The number of hydrogen-bond acceptors (Lipinski definition) is 4. The number of halogens is 1. The van der Waals surface area contributed by atoms with E-state index in [0.717, 1.165) is 14.7 Å². The van der Waals surface area contributed by atoms with E-state index in [-0.39, 0.29) is 18.2 Å². The fourth-order valence-corrected chi connectivity index (χ4v) is 3.45. The number of fused-ring (bicyclic) bond motifs is 1. The average molecular weight is 491 g/mol. The van der Waals surface area contributed by atoms with Gasteiger partial charge in [0.15, 0.2) is 0 Å². The first-order valence-electron chi connectivity index (χ1n) is 9.89. The van der Waals surface area contributed by atoms with Crippen molar-refractivity contribution in [2.24, 2.45) is 0 Å². The molecule has 0 aliphatic rings. The molecule has 4 rings (SSSR count). The minimum Gasteiger partial charge on any atom is -0.352 e. The third-order valence-corrected chi connectivity index (χ3v) is 5.34. The van der Waals surface area contributed by atoms with Crippen LogP contribution in [0.1, 0.15) is 21.7 Å². The van der Waals surface area contributed by atoms with E-state index in [1.54, 1.807) is 48.5 Å². The summed E-state index contributed by atoms with van der Waals surface area (Å²) in [5.41, 5.74) is 3.92. The number of para-hydroxylation sites is 1. The van der Waals surface area contributed by atoms with E-state index in [2.05, 4.69) is 31.7 Å². The van der Waals surface area contributed by atoms with Gasteiger partial charge in [-0.15, -0.1) is 0 Å². The average Bonchev–Trinajstić information content (AvgIpc) is 2.81. The standard InChI is InChI=1S/C24H19BrN4O3/c25-18-12-10-17(11-13-18)23(31)28-29-21(27-20-9-5-4-8-19(20)24(29)32)14-22(30)26-15-16-6-2-1-3-7-16/h1-13H,14-15H2,(H,26,30)(H,28,31). The molecule has 0 unspecified atom stereocenters. The highest BCUT2D eigenvalue weighted by atomic mass is 79.9. The number of hydrogen-bond donors (Lipinski definition) is 2. The molecule has 4 aromatic rings. The van der Waals surface area contributed by atoms with Crippen LogP contribution in [0.3, 0.4) is 0 Å². The second kappa shape index (κ2) is 9.57. The number of amides is 2. The molecule has 0 aliphatic carbocycles. The lowest BCUT2D eigenvalue weighted by Gasteiger charge is -2.14. The number of rotatable bonds is 6. The van der Waals surface area contributed by atoms with Crippen molar-refractivity contribution in [2.75, 3.05) is 5.43 Å². The van der Waals surface area contributed by atoms with Crippen LogP contribution in [0.2, 0.25) is 0 Å². The first kappa shape index (κ1) is 21.5. The van der Waals surface area contributed by atoms with Crippen LogP contribution in [-0.2, 0) is 17.8 Å². The molecule has 1 aromatic heterocycles. The molecule has 0 spiro atoms. The predicted octanol–water partition coefficient (Wildman–Crippen LogP) is 3.40. The monoisotopic (exact) mass is 490 g/mol. The van der Waals surface area contributed by atoms with E-state index >= 15 is 0 Å². The fraction of sp³-hybridized carbons (Fsp3) is 0.0833. The Bertz CT molecular complexity index is 1340. The molecule has 32 heavy (non-hydrogen) atoms. The van der Waals surface area contributed by atoms with Gasteiger partial charge >= 0.3 is 0 Å². The Kier molecular flexibility index (Phi) is 6.42. The minimum atomic E-state index is -0.484. The molecule has 0 saturated heterocycles. The molecule has 0 bridgehead atoms. The van der Waals surface area contributed by atoms with Gasteiger partial charge < -0.3 is 5.32 Å². The highest BCUT2D eigenvalue weighted by Crippen LogP contribution is 2.12. The second-order valence-electron chi connectivity index (χ2n) is 7.07. The number of aromatic nitrogens is 2. The van der Waals surface area contributed by atoms with E-state index in [4.69, 9.17) is 0 Å². The maximum absolute atomic E-state index is 13.1. The number of carbonyl (C=O) groups is 2. The van der Waals surface area contributed by atoms with Crippen molar-refractivity contribution < 1.29 is 9.59 Å². The van der Waals surface area contributed by atoms with Crippen molar-refractivity contribution in [1.29, 1.82) is 0 Å². The molecule has 0 aliphatic heterocycles. The number of carbonyl (C=O) groups excluding carboxylic acids is 2. The number of nitrogens with one attached hydrogen (secondary N) is 2. The van der Waals surface area contributed by atoms with Crippen molar-refractivity contribution in [3.63, 3.8) is 0 Å². The molecule has 0 saturated carbocycles. The lowest BCUT2D eigenvalue weighted by molar-refractivity contribution is -0.120. The summed E-state index contributed by atoms with van der Waals surface area (Å²) in [6.45, 7) is 0.350. The first-order valence-corrected chi connectivity index (χ1v) is 10.7. The van der Waals surface area contributed by atoms with Crippen LogP contribution in [0.25, 0.3) is 10.9 Å². The number of benzene rings is 3. The summed E-state index contributed by atoms with van der Waals surface area (Å²) < 4.78 is 1.88. The molecule has 8 heteroatoms. The molecule has 160 valence electrons. The van der Waals surface area contributed by atoms with Crippen molar-refractivity contribution in [2.45, 2.75) is 13.0 Å². The number of nitrogens with zero attached hydrogens (tertiary/aromatic N) is 2.